The molecule has 1 aromatic heterocycles. The van der Waals surface area contributed by atoms with Crippen LogP contribution in [0, 0.1) is 18.3 Å². The van der Waals surface area contributed by atoms with E-state index in [1.165, 1.54) is 18.3 Å². The van der Waals surface area contributed by atoms with Crippen LogP contribution in [-0.2, 0) is 4.79 Å². The summed E-state index contributed by atoms with van der Waals surface area (Å²) in [5.74, 6) is -0.0875. The molecule has 140 valence electrons. The maximum absolute atomic E-state index is 11.7. The molecule has 1 amide bonds. The molecular weight excluding hydrogens is 366 g/mol. The summed E-state index contributed by atoms with van der Waals surface area (Å²) in [5.41, 5.74) is 4.38. The van der Waals surface area contributed by atoms with Crippen LogP contribution in [0.15, 0.2) is 60.7 Å². The number of carbonyl (C=O) groups is 1. The number of nitriles is 1. The van der Waals surface area contributed by atoms with Crippen LogP contribution in [0.3, 0.4) is 0 Å². The van der Waals surface area contributed by atoms with Gasteiger partial charge in [0, 0.05) is 18.4 Å². The highest BCUT2D eigenvalue weighted by atomic mass is 32.1. The average Bonchev–Trinajstić information content (AvgIpc) is 3.10. The fraction of sp³-hybridized carbons (Fsp3) is 0.174. The van der Waals surface area contributed by atoms with E-state index in [-0.39, 0.29) is 11.8 Å². The number of allylic oxidation sites excluding steroid dienone is 2. The van der Waals surface area contributed by atoms with Gasteiger partial charge in [0.15, 0.2) is 0 Å². The van der Waals surface area contributed by atoms with E-state index in [9.17, 15) is 10.1 Å². The molecule has 0 fully saturated rings. The number of nitrogens with zero attached hydrogens (tertiary/aromatic N) is 2. The van der Waals surface area contributed by atoms with Crippen molar-refractivity contribution in [3.8, 4) is 17.3 Å². The number of rotatable bonds is 5. The minimum atomic E-state index is -0.163. The number of carbonyl (C=O) groups excluding carboxylic acids is 1. The first kappa shape index (κ1) is 19.5. The molecular formula is C23H21N3OS. The summed E-state index contributed by atoms with van der Waals surface area (Å²) in [6.07, 6.45) is 1.92. The third kappa shape index (κ3) is 4.54. The summed E-state index contributed by atoms with van der Waals surface area (Å²) in [6, 6.07) is 20.2. The van der Waals surface area contributed by atoms with Gasteiger partial charge in [-0.15, -0.1) is 0 Å². The third-order valence-electron chi connectivity index (χ3n) is 4.33. The second-order valence-electron chi connectivity index (χ2n) is 6.64. The molecule has 28 heavy (non-hydrogen) atoms. The fourth-order valence-electron chi connectivity index (χ4n) is 2.85. The summed E-state index contributed by atoms with van der Waals surface area (Å²) in [4.78, 5) is 16.3. The molecule has 5 heteroatoms. The Labute approximate surface area is 169 Å². The second-order valence-corrected chi connectivity index (χ2v) is 7.63. The Kier molecular flexibility index (Phi) is 6.03. The first-order valence-electron chi connectivity index (χ1n) is 9.00. The minimum Gasteiger partial charge on any atom is -0.316 e. The second kappa shape index (κ2) is 8.64. The van der Waals surface area contributed by atoms with E-state index in [2.05, 4.69) is 18.3 Å². The lowest BCUT2D eigenvalue weighted by Crippen LogP contribution is -2.05. The number of nitrogens with one attached hydrogen (secondary N) is 1. The Morgan fingerprint density at radius 3 is 2.46 bits per heavy atom. The maximum Gasteiger partial charge on any atom is 0.221 e. The van der Waals surface area contributed by atoms with Crippen LogP contribution in [0.4, 0.5) is 5.00 Å². The van der Waals surface area contributed by atoms with Crippen LogP contribution in [0.5, 0.6) is 0 Å². The van der Waals surface area contributed by atoms with Crippen molar-refractivity contribution in [2.75, 3.05) is 5.32 Å². The number of thiazole rings is 1. The van der Waals surface area contributed by atoms with Gasteiger partial charge in [-0.3, -0.25) is 4.79 Å². The Balaban J connectivity index is 2.02. The van der Waals surface area contributed by atoms with E-state index in [0.29, 0.717) is 21.3 Å². The zero-order valence-electron chi connectivity index (χ0n) is 16.1. The van der Waals surface area contributed by atoms with E-state index in [1.54, 1.807) is 0 Å². The first-order chi connectivity index (χ1) is 13.5. The van der Waals surface area contributed by atoms with Gasteiger partial charge in [0.25, 0.3) is 0 Å². The molecule has 1 N–H and O–H groups in total. The Morgan fingerprint density at radius 1 is 1.18 bits per heavy atom. The van der Waals surface area contributed by atoms with Crippen LogP contribution < -0.4 is 5.32 Å². The van der Waals surface area contributed by atoms with Crippen molar-refractivity contribution >= 4 is 27.8 Å². The van der Waals surface area contributed by atoms with Gasteiger partial charge in [0.2, 0.25) is 5.91 Å². The molecule has 3 aromatic rings. The van der Waals surface area contributed by atoms with Gasteiger partial charge in [-0.25, -0.2) is 4.98 Å². The number of hydrogen-bond donors (Lipinski definition) is 1. The highest BCUT2D eigenvalue weighted by Crippen LogP contribution is 2.37. The predicted molar refractivity (Wildman–Crippen MR) is 115 cm³/mol. The van der Waals surface area contributed by atoms with Crippen molar-refractivity contribution < 1.29 is 4.79 Å². The highest BCUT2D eigenvalue weighted by molar-refractivity contribution is 7.17. The fourth-order valence-corrected chi connectivity index (χ4v) is 3.86. The van der Waals surface area contributed by atoms with E-state index in [4.69, 9.17) is 4.98 Å². The van der Waals surface area contributed by atoms with Crippen molar-refractivity contribution in [1.82, 2.24) is 4.98 Å². The molecule has 0 radical (unpaired) electrons. The van der Waals surface area contributed by atoms with Gasteiger partial charge in [-0.1, -0.05) is 84.5 Å². The normalized spacial score (nSPS) is 12.3. The lowest BCUT2D eigenvalue weighted by atomic mass is 9.99. The average molecular weight is 388 g/mol. The zero-order chi connectivity index (χ0) is 20.1. The molecule has 0 aliphatic heterocycles. The standard InChI is InChI=1S/C23H21N3OS/c1-15-9-11-19(12-10-15)21-23(25-17(3)27)28-22(26-21)20(14-24)13-16(2)18-7-5-4-6-8-18/h4-13,16H,1-3H3,(H,25,27). The van der Waals surface area contributed by atoms with Crippen LogP contribution >= 0.6 is 11.3 Å². The summed E-state index contributed by atoms with van der Waals surface area (Å²) in [6.45, 7) is 5.54. The number of anilines is 1. The van der Waals surface area contributed by atoms with Gasteiger partial charge < -0.3 is 5.32 Å². The smallest absolute Gasteiger partial charge is 0.221 e. The van der Waals surface area contributed by atoms with Gasteiger partial charge in [0.05, 0.1) is 5.57 Å². The number of hydrogen-bond acceptors (Lipinski definition) is 4. The quantitative estimate of drug-likeness (QED) is 0.564. The minimum absolute atomic E-state index is 0.0757. The van der Waals surface area contributed by atoms with E-state index in [1.807, 2.05) is 67.6 Å². The van der Waals surface area contributed by atoms with Gasteiger partial charge in [-0.2, -0.15) is 5.26 Å². The van der Waals surface area contributed by atoms with Crippen molar-refractivity contribution in [2.24, 2.45) is 0 Å². The SMILES string of the molecule is CC(=O)Nc1sc(C(C#N)=CC(C)c2ccccc2)nc1-c1ccc(C)cc1. The van der Waals surface area contributed by atoms with E-state index < -0.39 is 0 Å². The zero-order valence-corrected chi connectivity index (χ0v) is 16.9. The predicted octanol–water partition coefficient (Wildman–Crippen LogP) is 5.79. The Morgan fingerprint density at radius 2 is 1.86 bits per heavy atom. The summed E-state index contributed by atoms with van der Waals surface area (Å²) in [5, 5.41) is 13.8. The molecule has 0 aliphatic carbocycles. The Hall–Kier alpha value is -3.23. The van der Waals surface area contributed by atoms with Crippen molar-refractivity contribution in [3.05, 3.63) is 76.8 Å². The molecule has 3 rings (SSSR count). The largest absolute Gasteiger partial charge is 0.316 e. The number of benzene rings is 2. The molecule has 0 saturated heterocycles. The molecule has 2 aromatic carbocycles. The van der Waals surface area contributed by atoms with Gasteiger partial charge in [-0.05, 0) is 12.5 Å². The van der Waals surface area contributed by atoms with Crippen molar-refractivity contribution in [2.45, 2.75) is 26.7 Å². The van der Waals surface area contributed by atoms with E-state index >= 15 is 0 Å². The first-order valence-corrected chi connectivity index (χ1v) is 9.82. The van der Waals surface area contributed by atoms with E-state index in [0.717, 1.165) is 16.7 Å². The topological polar surface area (TPSA) is 65.8 Å². The molecule has 1 unspecified atom stereocenters. The monoisotopic (exact) mass is 387 g/mol. The van der Waals surface area contributed by atoms with Gasteiger partial charge >= 0.3 is 0 Å². The number of aryl methyl sites for hydroxylation is 1. The lowest BCUT2D eigenvalue weighted by molar-refractivity contribution is -0.114. The molecule has 0 saturated carbocycles. The lowest BCUT2D eigenvalue weighted by Gasteiger charge is -2.06. The highest BCUT2D eigenvalue weighted by Gasteiger charge is 2.17. The van der Waals surface area contributed by atoms with Crippen molar-refractivity contribution in [3.63, 3.8) is 0 Å². The van der Waals surface area contributed by atoms with Crippen LogP contribution in [0.1, 0.15) is 35.9 Å². The molecule has 1 atom stereocenters. The summed E-state index contributed by atoms with van der Waals surface area (Å²) >= 11 is 1.32. The molecule has 0 aliphatic rings. The summed E-state index contributed by atoms with van der Waals surface area (Å²) in [7, 11) is 0. The van der Waals surface area contributed by atoms with Crippen molar-refractivity contribution in [1.29, 1.82) is 5.26 Å². The summed E-state index contributed by atoms with van der Waals surface area (Å²) < 4.78 is 0. The molecule has 0 bridgehead atoms. The van der Waals surface area contributed by atoms with Crippen LogP contribution in [0.25, 0.3) is 16.8 Å². The number of aromatic nitrogens is 1. The maximum atomic E-state index is 11.7. The van der Waals surface area contributed by atoms with Crippen LogP contribution in [0.2, 0.25) is 0 Å². The van der Waals surface area contributed by atoms with Gasteiger partial charge in [0.1, 0.15) is 21.8 Å². The molecule has 4 nitrogen and oxygen atoms in total. The Bertz CT molecular complexity index is 1040. The number of amides is 1. The molecule has 1 heterocycles. The van der Waals surface area contributed by atoms with Crippen LogP contribution in [-0.4, -0.2) is 10.9 Å². The molecule has 0 spiro atoms. The third-order valence-corrected chi connectivity index (χ3v) is 5.34.